The minimum atomic E-state index is -0.526. The largest absolute Gasteiger partial charge is 0.375 e. The Morgan fingerprint density at radius 2 is 1.90 bits per heavy atom. The van der Waals surface area contributed by atoms with E-state index in [0.29, 0.717) is 28.5 Å². The lowest BCUT2D eigenvalue weighted by atomic mass is 10.2. The highest BCUT2D eigenvalue weighted by Gasteiger charge is 2.19. The molecule has 0 aliphatic heterocycles. The topological polar surface area (TPSA) is 124 Å². The Bertz CT molecular complexity index is 1210. The molecule has 1 unspecified atom stereocenters. The standard InChI is InChI=1S/C17H15Cl2N9O2/c1-9(30-2)15-12(8-20-14-6-13(19)26-27(14)15)25-17(29)24-10-5-11(18)16(21-7-10)28-22-3-4-23-28/h3-9H,1-2H3,(H2,24,25,29). The van der Waals surface area contributed by atoms with E-state index in [-0.39, 0.29) is 10.2 Å². The van der Waals surface area contributed by atoms with Crippen LogP contribution in [0.1, 0.15) is 18.7 Å². The normalized spacial score (nSPS) is 12.1. The number of nitrogens with one attached hydrogen (secondary N) is 2. The zero-order valence-corrected chi connectivity index (χ0v) is 17.3. The van der Waals surface area contributed by atoms with Crippen molar-refractivity contribution in [3.63, 3.8) is 0 Å². The second-order valence-electron chi connectivity index (χ2n) is 6.10. The van der Waals surface area contributed by atoms with Crippen molar-refractivity contribution in [1.82, 2.24) is 34.6 Å². The molecule has 4 rings (SSSR count). The Hall–Kier alpha value is -3.28. The van der Waals surface area contributed by atoms with Gasteiger partial charge >= 0.3 is 6.03 Å². The van der Waals surface area contributed by atoms with Gasteiger partial charge in [-0.1, -0.05) is 23.2 Å². The molecule has 11 nitrogen and oxygen atoms in total. The Balaban J connectivity index is 1.57. The lowest BCUT2D eigenvalue weighted by Gasteiger charge is -2.17. The maximum absolute atomic E-state index is 12.6. The van der Waals surface area contributed by atoms with Crippen LogP contribution in [0.3, 0.4) is 0 Å². The van der Waals surface area contributed by atoms with Crippen LogP contribution in [-0.2, 0) is 4.74 Å². The fourth-order valence-electron chi connectivity index (χ4n) is 2.78. The second-order valence-corrected chi connectivity index (χ2v) is 6.89. The van der Waals surface area contributed by atoms with Crippen molar-refractivity contribution in [2.24, 2.45) is 0 Å². The van der Waals surface area contributed by atoms with Gasteiger partial charge in [0.2, 0.25) is 0 Å². The van der Waals surface area contributed by atoms with Gasteiger partial charge in [0.05, 0.1) is 53.0 Å². The van der Waals surface area contributed by atoms with Crippen molar-refractivity contribution >= 4 is 46.3 Å². The number of hydrogen-bond donors (Lipinski definition) is 2. The Labute approximate surface area is 180 Å². The van der Waals surface area contributed by atoms with E-state index in [1.165, 1.54) is 34.1 Å². The number of aromatic nitrogens is 7. The molecule has 0 aliphatic rings. The minimum absolute atomic E-state index is 0.270. The molecule has 0 fully saturated rings. The van der Waals surface area contributed by atoms with Crippen LogP contribution in [0.25, 0.3) is 11.5 Å². The lowest BCUT2D eigenvalue weighted by molar-refractivity contribution is 0.114. The zero-order valence-electron chi connectivity index (χ0n) is 15.7. The molecule has 154 valence electrons. The van der Waals surface area contributed by atoms with E-state index < -0.39 is 12.1 Å². The molecule has 0 aromatic carbocycles. The number of halogens is 2. The maximum Gasteiger partial charge on any atom is 0.323 e. The number of pyridine rings is 1. The molecule has 1 atom stereocenters. The Morgan fingerprint density at radius 3 is 2.60 bits per heavy atom. The van der Waals surface area contributed by atoms with E-state index in [1.807, 2.05) is 6.92 Å². The van der Waals surface area contributed by atoms with Gasteiger partial charge in [-0.3, -0.25) is 0 Å². The van der Waals surface area contributed by atoms with E-state index in [2.05, 4.69) is 35.9 Å². The van der Waals surface area contributed by atoms with Crippen molar-refractivity contribution in [3.05, 3.63) is 52.8 Å². The monoisotopic (exact) mass is 447 g/mol. The molecule has 13 heteroatoms. The van der Waals surface area contributed by atoms with E-state index in [4.69, 9.17) is 27.9 Å². The number of urea groups is 1. The number of carbonyl (C=O) groups excluding carboxylic acids is 1. The molecule has 0 radical (unpaired) electrons. The number of nitrogens with zero attached hydrogens (tertiary/aromatic N) is 7. The van der Waals surface area contributed by atoms with Gasteiger partial charge in [-0.05, 0) is 13.0 Å². The lowest BCUT2D eigenvalue weighted by Crippen LogP contribution is -2.22. The van der Waals surface area contributed by atoms with Gasteiger partial charge in [-0.2, -0.15) is 15.3 Å². The molecule has 4 heterocycles. The van der Waals surface area contributed by atoms with Crippen molar-refractivity contribution in [1.29, 1.82) is 0 Å². The fourth-order valence-corrected chi connectivity index (χ4v) is 3.19. The number of carbonyl (C=O) groups is 1. The molecule has 2 amide bonds. The van der Waals surface area contributed by atoms with E-state index >= 15 is 0 Å². The average molecular weight is 448 g/mol. The zero-order chi connectivity index (χ0) is 21.3. The van der Waals surface area contributed by atoms with E-state index in [9.17, 15) is 4.79 Å². The van der Waals surface area contributed by atoms with Gasteiger partial charge < -0.3 is 15.4 Å². The van der Waals surface area contributed by atoms with Crippen LogP contribution in [0, 0.1) is 0 Å². The van der Waals surface area contributed by atoms with Crippen molar-refractivity contribution in [2.45, 2.75) is 13.0 Å². The van der Waals surface area contributed by atoms with Gasteiger partial charge in [0.1, 0.15) is 0 Å². The molecule has 4 aromatic rings. The highest BCUT2D eigenvalue weighted by molar-refractivity contribution is 6.32. The SMILES string of the molecule is COC(C)c1c(NC(=O)Nc2cnc(-n3nccn3)c(Cl)c2)cnc2cc(Cl)nn12. The number of rotatable bonds is 5. The van der Waals surface area contributed by atoms with E-state index in [0.717, 1.165) is 0 Å². The highest BCUT2D eigenvalue weighted by Crippen LogP contribution is 2.27. The molecule has 4 aromatic heterocycles. The maximum atomic E-state index is 12.6. The van der Waals surface area contributed by atoms with Crippen LogP contribution >= 0.6 is 23.2 Å². The summed E-state index contributed by atoms with van der Waals surface area (Å²) < 4.78 is 6.94. The summed E-state index contributed by atoms with van der Waals surface area (Å²) in [6.07, 6.45) is 5.58. The summed E-state index contributed by atoms with van der Waals surface area (Å²) >= 11 is 12.2. The molecule has 0 bridgehead atoms. The van der Waals surface area contributed by atoms with Gasteiger partial charge in [-0.25, -0.2) is 19.3 Å². The number of fused-ring (bicyclic) bond motifs is 1. The Kier molecular flexibility index (Phi) is 5.48. The number of ether oxygens (including phenoxy) is 1. The number of hydrogen-bond acceptors (Lipinski definition) is 7. The summed E-state index contributed by atoms with van der Waals surface area (Å²) in [5.74, 6) is 0.342. The predicted octanol–water partition coefficient (Wildman–Crippen LogP) is 3.36. The van der Waals surface area contributed by atoms with Crippen LogP contribution in [0.4, 0.5) is 16.2 Å². The first-order valence-corrected chi connectivity index (χ1v) is 9.39. The summed E-state index contributed by atoms with van der Waals surface area (Å²) in [4.78, 5) is 22.3. The third kappa shape index (κ3) is 3.90. The molecule has 2 N–H and O–H groups in total. The smallest absolute Gasteiger partial charge is 0.323 e. The van der Waals surface area contributed by atoms with Gasteiger partial charge in [0.25, 0.3) is 0 Å². The van der Waals surface area contributed by atoms with Crippen LogP contribution in [-0.4, -0.2) is 47.7 Å². The quantitative estimate of drug-likeness (QED) is 0.480. The fraction of sp³-hybridized carbons (Fsp3) is 0.176. The molecule has 30 heavy (non-hydrogen) atoms. The van der Waals surface area contributed by atoms with Crippen molar-refractivity contribution in [3.8, 4) is 5.82 Å². The number of anilines is 2. The summed E-state index contributed by atoms with van der Waals surface area (Å²) in [6.45, 7) is 1.82. The molecular formula is C17H15Cl2N9O2. The molecule has 0 aliphatic carbocycles. The van der Waals surface area contributed by atoms with Crippen molar-refractivity contribution in [2.75, 3.05) is 17.7 Å². The highest BCUT2D eigenvalue weighted by atomic mass is 35.5. The second kappa shape index (κ2) is 8.22. The van der Waals surface area contributed by atoms with Gasteiger partial charge in [0.15, 0.2) is 16.6 Å². The van der Waals surface area contributed by atoms with Gasteiger partial charge in [0, 0.05) is 13.2 Å². The van der Waals surface area contributed by atoms with Crippen molar-refractivity contribution < 1.29 is 9.53 Å². The van der Waals surface area contributed by atoms with Crippen LogP contribution in [0.2, 0.25) is 10.2 Å². The first kappa shape index (κ1) is 20.0. The van der Waals surface area contributed by atoms with E-state index in [1.54, 1.807) is 19.2 Å². The van der Waals surface area contributed by atoms with Gasteiger partial charge in [-0.15, -0.1) is 4.80 Å². The molecule has 0 spiro atoms. The average Bonchev–Trinajstić information content (AvgIpc) is 3.36. The predicted molar refractivity (Wildman–Crippen MR) is 110 cm³/mol. The third-order valence-electron chi connectivity index (χ3n) is 4.17. The van der Waals surface area contributed by atoms with Crippen LogP contribution in [0.5, 0.6) is 0 Å². The number of methoxy groups -OCH3 is 1. The van der Waals surface area contributed by atoms with Crippen LogP contribution < -0.4 is 10.6 Å². The summed E-state index contributed by atoms with van der Waals surface area (Å²) in [6, 6.07) is 2.63. The summed E-state index contributed by atoms with van der Waals surface area (Å²) in [5.41, 5.74) is 1.90. The minimum Gasteiger partial charge on any atom is -0.375 e. The summed E-state index contributed by atoms with van der Waals surface area (Å²) in [5, 5.41) is 18.1. The first-order valence-electron chi connectivity index (χ1n) is 8.63. The molecular weight excluding hydrogens is 433 g/mol. The summed E-state index contributed by atoms with van der Waals surface area (Å²) in [7, 11) is 1.55. The van der Waals surface area contributed by atoms with Crippen LogP contribution in [0.15, 0.2) is 36.9 Å². The Morgan fingerprint density at radius 1 is 1.13 bits per heavy atom. The number of amides is 2. The molecule has 0 saturated heterocycles. The molecule has 0 saturated carbocycles. The third-order valence-corrected chi connectivity index (χ3v) is 4.63. The first-order chi connectivity index (χ1) is 14.5.